The maximum absolute atomic E-state index is 12.8. The van der Waals surface area contributed by atoms with Gasteiger partial charge in [-0.25, -0.2) is 8.42 Å². The van der Waals surface area contributed by atoms with Crippen molar-refractivity contribution < 1.29 is 8.42 Å². The molecule has 0 bridgehead atoms. The van der Waals surface area contributed by atoms with Crippen LogP contribution in [0.25, 0.3) is 0 Å². The summed E-state index contributed by atoms with van der Waals surface area (Å²) in [6, 6.07) is 5.22. The number of hydrogen-bond donors (Lipinski definition) is 0. The number of alkyl halides is 1. The van der Waals surface area contributed by atoms with E-state index in [0.29, 0.717) is 27.7 Å². The summed E-state index contributed by atoms with van der Waals surface area (Å²) in [5, 5.41) is 0. The van der Waals surface area contributed by atoms with E-state index in [4.69, 9.17) is 11.6 Å². The van der Waals surface area contributed by atoms with Crippen molar-refractivity contribution in [2.24, 2.45) is 5.92 Å². The number of halogens is 2. The summed E-state index contributed by atoms with van der Waals surface area (Å²) in [6.45, 7) is 4.69. The second-order valence-electron chi connectivity index (χ2n) is 5.37. The highest BCUT2D eigenvalue weighted by Gasteiger charge is 2.35. The zero-order chi connectivity index (χ0) is 14.9. The highest BCUT2D eigenvalue weighted by Crippen LogP contribution is 2.32. The minimum atomic E-state index is -3.46. The Morgan fingerprint density at radius 3 is 2.70 bits per heavy atom. The summed E-state index contributed by atoms with van der Waals surface area (Å²) in [6.07, 6.45) is 2.00. The Kier molecular flexibility index (Phi) is 5.16. The van der Waals surface area contributed by atoms with E-state index < -0.39 is 10.0 Å². The summed E-state index contributed by atoms with van der Waals surface area (Å²) < 4.78 is 27.9. The van der Waals surface area contributed by atoms with Gasteiger partial charge in [0.25, 0.3) is 0 Å². The zero-order valence-electron chi connectivity index (χ0n) is 11.6. The minimum Gasteiger partial charge on any atom is -0.207 e. The van der Waals surface area contributed by atoms with Gasteiger partial charge in [0, 0.05) is 22.9 Å². The molecule has 2 unspecified atom stereocenters. The third-order valence-electron chi connectivity index (χ3n) is 4.05. The minimum absolute atomic E-state index is 0.0355. The van der Waals surface area contributed by atoms with Gasteiger partial charge in [-0.15, -0.1) is 11.6 Å². The van der Waals surface area contributed by atoms with Crippen molar-refractivity contribution in [3.63, 3.8) is 0 Å². The second kappa shape index (κ2) is 6.34. The van der Waals surface area contributed by atoms with Crippen molar-refractivity contribution in [1.82, 2.24) is 4.31 Å². The Morgan fingerprint density at radius 2 is 2.10 bits per heavy atom. The van der Waals surface area contributed by atoms with Gasteiger partial charge in [0.05, 0.1) is 4.90 Å². The SMILES string of the molecule is CC1CCCN(S(=O)(=O)c2ccc(CCl)cc2Br)C1C. The quantitative estimate of drug-likeness (QED) is 0.743. The molecule has 20 heavy (non-hydrogen) atoms. The van der Waals surface area contributed by atoms with Gasteiger partial charge in [-0.1, -0.05) is 13.0 Å². The van der Waals surface area contributed by atoms with Crippen molar-refractivity contribution in [3.05, 3.63) is 28.2 Å². The normalized spacial score (nSPS) is 24.8. The summed E-state index contributed by atoms with van der Waals surface area (Å²) in [4.78, 5) is 0.326. The summed E-state index contributed by atoms with van der Waals surface area (Å²) >= 11 is 9.14. The molecule has 3 nitrogen and oxygen atoms in total. The van der Waals surface area contributed by atoms with E-state index >= 15 is 0 Å². The first-order valence-electron chi connectivity index (χ1n) is 6.74. The van der Waals surface area contributed by atoms with Crippen LogP contribution in [0.4, 0.5) is 0 Å². The Labute approximate surface area is 134 Å². The Morgan fingerprint density at radius 1 is 1.40 bits per heavy atom. The fraction of sp³-hybridized carbons (Fsp3) is 0.571. The van der Waals surface area contributed by atoms with E-state index in [1.807, 2.05) is 6.92 Å². The number of sulfonamides is 1. The Bertz CT molecular complexity index is 591. The highest BCUT2D eigenvalue weighted by molar-refractivity contribution is 9.10. The molecule has 1 fully saturated rings. The van der Waals surface area contributed by atoms with Crippen molar-refractivity contribution in [3.8, 4) is 0 Å². The topological polar surface area (TPSA) is 37.4 Å². The average molecular weight is 381 g/mol. The molecule has 2 atom stereocenters. The number of nitrogens with zero attached hydrogens (tertiary/aromatic N) is 1. The molecule has 1 aliphatic heterocycles. The largest absolute Gasteiger partial charge is 0.244 e. The van der Waals surface area contributed by atoms with E-state index in [-0.39, 0.29) is 6.04 Å². The van der Waals surface area contributed by atoms with Crippen molar-refractivity contribution in [2.45, 2.75) is 43.5 Å². The lowest BCUT2D eigenvalue weighted by Crippen LogP contribution is -2.45. The smallest absolute Gasteiger partial charge is 0.207 e. The number of piperidine rings is 1. The van der Waals surface area contributed by atoms with Crippen molar-refractivity contribution in [2.75, 3.05) is 6.54 Å². The van der Waals surface area contributed by atoms with E-state index in [0.717, 1.165) is 18.4 Å². The first-order chi connectivity index (χ1) is 9.37. The van der Waals surface area contributed by atoms with Crippen LogP contribution in [0.5, 0.6) is 0 Å². The van der Waals surface area contributed by atoms with Crippen LogP contribution >= 0.6 is 27.5 Å². The molecule has 1 heterocycles. The third-order valence-corrected chi connectivity index (χ3v) is 7.32. The van der Waals surface area contributed by atoms with Gasteiger partial charge in [-0.05, 0) is 59.3 Å². The van der Waals surface area contributed by atoms with Crippen molar-refractivity contribution in [1.29, 1.82) is 0 Å². The molecule has 2 rings (SSSR count). The molecular formula is C14H19BrClNO2S. The molecule has 0 N–H and O–H groups in total. The molecule has 0 saturated carbocycles. The van der Waals surface area contributed by atoms with Crippen LogP contribution in [0.1, 0.15) is 32.3 Å². The second-order valence-corrected chi connectivity index (χ2v) is 8.35. The Balaban J connectivity index is 2.39. The molecule has 1 aromatic carbocycles. The van der Waals surface area contributed by atoms with E-state index in [9.17, 15) is 8.42 Å². The summed E-state index contributed by atoms with van der Waals surface area (Å²) in [5.74, 6) is 0.759. The maximum atomic E-state index is 12.8. The lowest BCUT2D eigenvalue weighted by Gasteiger charge is -2.37. The van der Waals surface area contributed by atoms with Crippen LogP contribution in [0, 0.1) is 5.92 Å². The van der Waals surface area contributed by atoms with Gasteiger partial charge in [0.2, 0.25) is 10.0 Å². The number of hydrogen-bond acceptors (Lipinski definition) is 2. The molecular weight excluding hydrogens is 362 g/mol. The van der Waals surface area contributed by atoms with Gasteiger partial charge in [-0.3, -0.25) is 0 Å². The number of benzene rings is 1. The molecule has 0 radical (unpaired) electrons. The molecule has 0 aliphatic carbocycles. The Hall–Kier alpha value is -0.100. The van der Waals surface area contributed by atoms with Gasteiger partial charge in [-0.2, -0.15) is 4.31 Å². The first kappa shape index (κ1) is 16.3. The van der Waals surface area contributed by atoms with E-state index in [1.165, 1.54) is 0 Å². The average Bonchev–Trinajstić information content (AvgIpc) is 2.41. The molecule has 1 saturated heterocycles. The van der Waals surface area contributed by atoms with Crippen LogP contribution in [-0.2, 0) is 15.9 Å². The summed E-state index contributed by atoms with van der Waals surface area (Å²) in [7, 11) is -3.46. The van der Waals surface area contributed by atoms with Crippen molar-refractivity contribution >= 4 is 37.6 Å². The lowest BCUT2D eigenvalue weighted by atomic mass is 9.94. The van der Waals surface area contributed by atoms with Crippen LogP contribution in [0.2, 0.25) is 0 Å². The number of rotatable bonds is 3. The lowest BCUT2D eigenvalue weighted by molar-refractivity contribution is 0.202. The molecule has 0 aromatic heterocycles. The van der Waals surface area contributed by atoms with Crippen LogP contribution in [0.15, 0.2) is 27.6 Å². The van der Waals surface area contributed by atoms with Gasteiger partial charge in [0.15, 0.2) is 0 Å². The molecule has 0 spiro atoms. The predicted octanol–water partition coefficient (Wildman–Crippen LogP) is 4.00. The predicted molar refractivity (Wildman–Crippen MR) is 85.5 cm³/mol. The first-order valence-corrected chi connectivity index (χ1v) is 9.51. The van der Waals surface area contributed by atoms with Gasteiger partial charge >= 0.3 is 0 Å². The molecule has 0 amide bonds. The molecule has 112 valence electrons. The van der Waals surface area contributed by atoms with Gasteiger partial charge in [0.1, 0.15) is 0 Å². The molecule has 1 aliphatic rings. The molecule has 1 aromatic rings. The fourth-order valence-electron chi connectivity index (χ4n) is 2.60. The van der Waals surface area contributed by atoms with Crippen LogP contribution < -0.4 is 0 Å². The van der Waals surface area contributed by atoms with E-state index in [2.05, 4.69) is 22.9 Å². The third kappa shape index (κ3) is 3.06. The molecule has 6 heteroatoms. The highest BCUT2D eigenvalue weighted by atomic mass is 79.9. The standard InChI is InChI=1S/C14H19BrClNO2S/c1-10-4-3-7-17(11(10)2)20(18,19)14-6-5-12(9-16)8-13(14)15/h5-6,8,10-11H,3-4,7,9H2,1-2H3. The van der Waals surface area contributed by atoms with E-state index in [1.54, 1.807) is 22.5 Å². The monoisotopic (exact) mass is 379 g/mol. The van der Waals surface area contributed by atoms with Crippen LogP contribution in [-0.4, -0.2) is 25.3 Å². The van der Waals surface area contributed by atoms with Crippen LogP contribution in [0.3, 0.4) is 0 Å². The summed E-state index contributed by atoms with van der Waals surface area (Å²) in [5.41, 5.74) is 0.901. The van der Waals surface area contributed by atoms with Gasteiger partial charge < -0.3 is 0 Å². The fourth-order valence-corrected chi connectivity index (χ4v) is 5.62. The zero-order valence-corrected chi connectivity index (χ0v) is 14.8. The maximum Gasteiger partial charge on any atom is 0.244 e.